The lowest BCUT2D eigenvalue weighted by atomic mass is 10.2. The molecule has 1 aliphatic heterocycles. The molecule has 3 aromatic rings. The van der Waals surface area contributed by atoms with Crippen molar-refractivity contribution in [2.45, 2.75) is 0 Å². The maximum absolute atomic E-state index is 13.8. The van der Waals surface area contributed by atoms with E-state index in [9.17, 15) is 4.39 Å². The third-order valence-corrected chi connectivity index (χ3v) is 4.09. The summed E-state index contributed by atoms with van der Waals surface area (Å²) in [4.78, 5) is 2.30. The highest BCUT2D eigenvalue weighted by Gasteiger charge is 2.13. The molecular formula is C18H16FN2O. The molecule has 4 rings (SSSR count). The van der Waals surface area contributed by atoms with Gasteiger partial charge < -0.3 is 14.2 Å². The van der Waals surface area contributed by atoms with Crippen LogP contribution in [-0.4, -0.2) is 30.9 Å². The summed E-state index contributed by atoms with van der Waals surface area (Å²) in [5, 5.41) is 0.632. The van der Waals surface area contributed by atoms with Crippen LogP contribution in [-0.2, 0) is 4.74 Å². The molecule has 0 unspecified atom stereocenters. The summed E-state index contributed by atoms with van der Waals surface area (Å²) in [5.41, 5.74) is 2.93. The first-order chi connectivity index (χ1) is 10.8. The average molecular weight is 295 g/mol. The fourth-order valence-corrected chi connectivity index (χ4v) is 2.94. The quantitative estimate of drug-likeness (QED) is 0.721. The monoisotopic (exact) mass is 295 g/mol. The minimum atomic E-state index is -0.194. The van der Waals surface area contributed by atoms with Crippen LogP contribution in [0.25, 0.3) is 16.6 Å². The van der Waals surface area contributed by atoms with Gasteiger partial charge in [0.15, 0.2) is 0 Å². The van der Waals surface area contributed by atoms with Crippen LogP contribution < -0.4 is 4.90 Å². The molecule has 0 bridgehead atoms. The molecule has 0 amide bonds. The van der Waals surface area contributed by atoms with E-state index < -0.39 is 0 Å². The predicted octanol–water partition coefficient (Wildman–Crippen LogP) is 3.41. The van der Waals surface area contributed by atoms with Gasteiger partial charge >= 0.3 is 0 Å². The van der Waals surface area contributed by atoms with Crippen molar-refractivity contribution in [3.63, 3.8) is 0 Å². The Morgan fingerprint density at radius 3 is 2.82 bits per heavy atom. The Kier molecular flexibility index (Phi) is 3.31. The van der Waals surface area contributed by atoms with Crippen molar-refractivity contribution in [3.8, 4) is 5.69 Å². The number of benzene rings is 2. The van der Waals surface area contributed by atoms with Gasteiger partial charge in [-0.1, -0.05) is 12.1 Å². The van der Waals surface area contributed by atoms with Crippen LogP contribution in [0.15, 0.2) is 48.7 Å². The van der Waals surface area contributed by atoms with E-state index in [4.69, 9.17) is 4.74 Å². The lowest BCUT2D eigenvalue weighted by Crippen LogP contribution is -2.36. The van der Waals surface area contributed by atoms with Crippen molar-refractivity contribution < 1.29 is 9.13 Å². The number of halogens is 1. The summed E-state index contributed by atoms with van der Waals surface area (Å²) in [7, 11) is 0. The SMILES string of the molecule is Fc1cccc2c1ccn2-c1[c]ccc(N2CCOCC2)c1. The van der Waals surface area contributed by atoms with Gasteiger partial charge in [0, 0.05) is 36.4 Å². The van der Waals surface area contributed by atoms with E-state index in [0.29, 0.717) is 5.39 Å². The van der Waals surface area contributed by atoms with Crippen LogP contribution in [0.2, 0.25) is 0 Å². The molecule has 2 heterocycles. The van der Waals surface area contributed by atoms with Gasteiger partial charge in [0.05, 0.1) is 24.4 Å². The van der Waals surface area contributed by atoms with E-state index in [2.05, 4.69) is 23.1 Å². The minimum Gasteiger partial charge on any atom is -0.378 e. The molecule has 1 fully saturated rings. The molecule has 22 heavy (non-hydrogen) atoms. The van der Waals surface area contributed by atoms with E-state index >= 15 is 0 Å². The largest absolute Gasteiger partial charge is 0.378 e. The molecule has 1 aliphatic rings. The van der Waals surface area contributed by atoms with Gasteiger partial charge in [-0.15, -0.1) is 0 Å². The number of fused-ring (bicyclic) bond motifs is 1. The average Bonchev–Trinajstić information content (AvgIpc) is 3.01. The van der Waals surface area contributed by atoms with Gasteiger partial charge in [0.2, 0.25) is 0 Å². The summed E-state index contributed by atoms with van der Waals surface area (Å²) in [6, 6.07) is 16.3. The zero-order valence-electron chi connectivity index (χ0n) is 12.1. The third-order valence-electron chi connectivity index (χ3n) is 4.09. The van der Waals surface area contributed by atoms with Crippen molar-refractivity contribution in [2.75, 3.05) is 31.2 Å². The Balaban J connectivity index is 1.77. The topological polar surface area (TPSA) is 17.4 Å². The molecule has 0 spiro atoms. The van der Waals surface area contributed by atoms with Gasteiger partial charge in [-0.05, 0) is 30.3 Å². The predicted molar refractivity (Wildman–Crippen MR) is 85.1 cm³/mol. The normalized spacial score (nSPS) is 15.4. The van der Waals surface area contributed by atoms with Crippen LogP contribution in [0.3, 0.4) is 0 Å². The van der Waals surface area contributed by atoms with Crippen LogP contribution in [0, 0.1) is 11.9 Å². The van der Waals surface area contributed by atoms with Gasteiger partial charge in [-0.2, -0.15) is 0 Å². The number of hydrogen-bond donors (Lipinski definition) is 0. The zero-order chi connectivity index (χ0) is 14.9. The van der Waals surface area contributed by atoms with E-state index in [1.807, 2.05) is 22.9 Å². The summed E-state index contributed by atoms with van der Waals surface area (Å²) in [6.07, 6.45) is 1.89. The number of morpholine rings is 1. The van der Waals surface area contributed by atoms with E-state index in [0.717, 1.165) is 43.2 Å². The van der Waals surface area contributed by atoms with Gasteiger partial charge in [0.1, 0.15) is 5.82 Å². The molecule has 1 radical (unpaired) electrons. The number of rotatable bonds is 2. The van der Waals surface area contributed by atoms with E-state index in [-0.39, 0.29) is 5.82 Å². The molecule has 4 heteroatoms. The van der Waals surface area contributed by atoms with Gasteiger partial charge in [-0.3, -0.25) is 0 Å². The molecular weight excluding hydrogens is 279 g/mol. The highest BCUT2D eigenvalue weighted by atomic mass is 19.1. The van der Waals surface area contributed by atoms with Crippen molar-refractivity contribution in [1.82, 2.24) is 4.57 Å². The molecule has 1 aromatic heterocycles. The van der Waals surface area contributed by atoms with Crippen molar-refractivity contribution >= 4 is 16.6 Å². The minimum absolute atomic E-state index is 0.194. The first-order valence-corrected chi connectivity index (χ1v) is 7.43. The standard InChI is InChI=1S/C18H16FN2O/c19-17-5-2-6-18-16(17)7-8-21(18)15-4-1-3-14(13-15)20-9-11-22-12-10-20/h1-3,5-8,13H,9-12H2. The Hall–Kier alpha value is -2.33. The molecule has 0 aliphatic carbocycles. The van der Waals surface area contributed by atoms with Gasteiger partial charge in [0.25, 0.3) is 0 Å². The summed E-state index contributed by atoms with van der Waals surface area (Å²) in [5.74, 6) is -0.194. The molecule has 111 valence electrons. The summed E-state index contributed by atoms with van der Waals surface area (Å²) in [6.45, 7) is 3.30. The maximum atomic E-state index is 13.8. The van der Waals surface area contributed by atoms with Crippen LogP contribution in [0.5, 0.6) is 0 Å². The first-order valence-electron chi connectivity index (χ1n) is 7.43. The second-order valence-corrected chi connectivity index (χ2v) is 5.39. The summed E-state index contributed by atoms with van der Waals surface area (Å²) < 4.78 is 21.2. The number of anilines is 1. The van der Waals surface area contributed by atoms with Crippen molar-refractivity contribution in [3.05, 3.63) is 60.5 Å². The molecule has 3 nitrogen and oxygen atoms in total. The second-order valence-electron chi connectivity index (χ2n) is 5.39. The first kappa shape index (κ1) is 13.3. The molecule has 0 N–H and O–H groups in total. The Morgan fingerprint density at radius 1 is 1.09 bits per heavy atom. The second kappa shape index (κ2) is 5.46. The Morgan fingerprint density at radius 2 is 1.95 bits per heavy atom. The fourth-order valence-electron chi connectivity index (χ4n) is 2.94. The van der Waals surface area contributed by atoms with Crippen LogP contribution in [0.4, 0.5) is 10.1 Å². The van der Waals surface area contributed by atoms with E-state index in [1.165, 1.54) is 6.07 Å². The van der Waals surface area contributed by atoms with Gasteiger partial charge in [-0.25, -0.2) is 4.39 Å². The Bertz CT molecular complexity index is 806. The third kappa shape index (κ3) is 2.25. The number of ether oxygens (including phenoxy) is 1. The molecule has 1 saturated heterocycles. The lowest BCUT2D eigenvalue weighted by Gasteiger charge is -2.29. The zero-order valence-corrected chi connectivity index (χ0v) is 12.1. The maximum Gasteiger partial charge on any atom is 0.132 e. The number of aromatic nitrogens is 1. The smallest absolute Gasteiger partial charge is 0.132 e. The number of nitrogens with zero attached hydrogens (tertiary/aromatic N) is 2. The summed E-state index contributed by atoms with van der Waals surface area (Å²) >= 11 is 0. The molecule has 0 atom stereocenters. The van der Waals surface area contributed by atoms with Crippen molar-refractivity contribution in [2.24, 2.45) is 0 Å². The van der Waals surface area contributed by atoms with Crippen molar-refractivity contribution in [1.29, 1.82) is 0 Å². The molecule has 0 saturated carbocycles. The number of hydrogen-bond acceptors (Lipinski definition) is 2. The van der Waals surface area contributed by atoms with E-state index in [1.54, 1.807) is 12.1 Å². The van der Waals surface area contributed by atoms with Crippen LogP contribution in [0.1, 0.15) is 0 Å². The highest BCUT2D eigenvalue weighted by molar-refractivity contribution is 5.82. The molecule has 2 aromatic carbocycles. The fraction of sp³-hybridized carbons (Fsp3) is 0.222. The lowest BCUT2D eigenvalue weighted by molar-refractivity contribution is 0.122. The highest BCUT2D eigenvalue weighted by Crippen LogP contribution is 2.25. The van der Waals surface area contributed by atoms with Crippen LogP contribution >= 0.6 is 0 Å². The Labute approximate surface area is 128 Å².